The van der Waals surface area contributed by atoms with Gasteiger partial charge in [-0.15, -0.1) is 0 Å². The third-order valence-electron chi connectivity index (χ3n) is 0.935. The van der Waals surface area contributed by atoms with E-state index in [1.54, 1.807) is 7.05 Å². The molecule has 1 N–H and O–H groups in total. The summed E-state index contributed by atoms with van der Waals surface area (Å²) in [5.41, 5.74) is 2.30. The van der Waals surface area contributed by atoms with Gasteiger partial charge in [0.1, 0.15) is 5.82 Å². The van der Waals surface area contributed by atoms with E-state index in [0.717, 1.165) is 0 Å². The lowest BCUT2D eigenvalue weighted by atomic mass is 10.7. The highest BCUT2D eigenvalue weighted by molar-refractivity contribution is 5.71. The van der Waals surface area contributed by atoms with Gasteiger partial charge in [0.25, 0.3) is 0 Å². The molecule has 0 saturated carbocycles. The molecule has 0 atom stereocenters. The van der Waals surface area contributed by atoms with Crippen molar-refractivity contribution >= 4 is 6.09 Å². The van der Waals surface area contributed by atoms with Crippen LogP contribution >= 0.6 is 0 Å². The minimum absolute atomic E-state index is 0.421. The maximum Gasteiger partial charge on any atom is 0.439 e. The Hall–Kier alpha value is -1.19. The van der Waals surface area contributed by atoms with Crippen LogP contribution in [0, 0.1) is 0 Å². The minimum atomic E-state index is -0.421. The zero-order valence-corrected chi connectivity index (χ0v) is 4.47. The molecule has 44 valence electrons. The number of nitrogens with one attached hydrogen (secondary N) is 1. The summed E-state index contributed by atoms with van der Waals surface area (Å²) in [6.07, 6.45) is -0.421. The summed E-state index contributed by atoms with van der Waals surface area (Å²) in [5, 5.41) is 0. The topological polar surface area (TPSA) is 41.6 Å². The standard InChI is InChI=1S/C4H6N2O2/c1-3-5-8-4(7)6(3)2/h5H,1H2,2H3. The molecule has 8 heavy (non-hydrogen) atoms. The van der Waals surface area contributed by atoms with E-state index in [1.165, 1.54) is 4.90 Å². The lowest BCUT2D eigenvalue weighted by Crippen LogP contribution is -2.16. The number of carbonyl (C=O) groups is 1. The van der Waals surface area contributed by atoms with E-state index in [4.69, 9.17) is 0 Å². The van der Waals surface area contributed by atoms with Crippen molar-refractivity contribution in [1.82, 2.24) is 10.4 Å². The Kier molecular flexibility index (Phi) is 0.865. The van der Waals surface area contributed by atoms with Crippen LogP contribution < -0.4 is 5.48 Å². The first-order valence-corrected chi connectivity index (χ1v) is 2.11. The van der Waals surface area contributed by atoms with Crippen LogP contribution in [-0.4, -0.2) is 18.0 Å². The Morgan fingerprint density at radius 3 is 2.62 bits per heavy atom. The van der Waals surface area contributed by atoms with Gasteiger partial charge in [-0.05, 0) is 0 Å². The van der Waals surface area contributed by atoms with Gasteiger partial charge in [-0.2, -0.15) is 0 Å². The van der Waals surface area contributed by atoms with Crippen molar-refractivity contribution in [3.8, 4) is 0 Å². The average molecular weight is 114 g/mol. The summed E-state index contributed by atoms with van der Waals surface area (Å²) in [6, 6.07) is 0. The van der Waals surface area contributed by atoms with Gasteiger partial charge in [0.15, 0.2) is 0 Å². The average Bonchev–Trinajstić information content (AvgIpc) is 1.98. The molecule has 0 spiro atoms. The fourth-order valence-electron chi connectivity index (χ4n) is 0.350. The fourth-order valence-corrected chi connectivity index (χ4v) is 0.350. The van der Waals surface area contributed by atoms with Crippen molar-refractivity contribution in [2.75, 3.05) is 7.05 Å². The van der Waals surface area contributed by atoms with E-state index in [0.29, 0.717) is 5.82 Å². The largest absolute Gasteiger partial charge is 0.439 e. The molecule has 1 rings (SSSR count). The molecule has 1 fully saturated rings. The molecule has 0 radical (unpaired) electrons. The minimum Gasteiger partial charge on any atom is -0.322 e. The summed E-state index contributed by atoms with van der Waals surface area (Å²) in [6.45, 7) is 3.45. The first-order chi connectivity index (χ1) is 3.72. The van der Waals surface area contributed by atoms with Crippen LogP contribution in [0.5, 0.6) is 0 Å². The number of nitrogens with zero attached hydrogens (tertiary/aromatic N) is 1. The highest BCUT2D eigenvalue weighted by atomic mass is 16.7. The molecule has 4 heteroatoms. The van der Waals surface area contributed by atoms with Crippen LogP contribution in [0.4, 0.5) is 4.79 Å². The third kappa shape index (κ3) is 0.501. The van der Waals surface area contributed by atoms with Gasteiger partial charge < -0.3 is 4.84 Å². The highest BCUT2D eigenvalue weighted by Crippen LogP contribution is 2.03. The molecule has 0 aromatic carbocycles. The van der Waals surface area contributed by atoms with Gasteiger partial charge in [0.05, 0.1) is 0 Å². The molecule has 0 bridgehead atoms. The zero-order chi connectivity index (χ0) is 6.15. The zero-order valence-electron chi connectivity index (χ0n) is 4.47. The Labute approximate surface area is 46.7 Å². The van der Waals surface area contributed by atoms with Gasteiger partial charge in [-0.25, -0.2) is 10.3 Å². The molecule has 0 aromatic heterocycles. The van der Waals surface area contributed by atoms with Gasteiger partial charge in [-0.1, -0.05) is 6.58 Å². The van der Waals surface area contributed by atoms with E-state index in [1.807, 2.05) is 0 Å². The van der Waals surface area contributed by atoms with Crippen LogP contribution in [0.1, 0.15) is 0 Å². The van der Waals surface area contributed by atoms with E-state index in [9.17, 15) is 4.79 Å². The second-order valence-corrected chi connectivity index (χ2v) is 1.48. The lowest BCUT2D eigenvalue weighted by Gasteiger charge is -1.99. The predicted octanol–water partition coefficient (Wildman–Crippen LogP) is 0.0442. The van der Waals surface area contributed by atoms with Crippen LogP contribution in [0.15, 0.2) is 12.4 Å². The van der Waals surface area contributed by atoms with E-state index < -0.39 is 6.09 Å². The van der Waals surface area contributed by atoms with E-state index >= 15 is 0 Å². The van der Waals surface area contributed by atoms with Gasteiger partial charge in [0.2, 0.25) is 0 Å². The maximum atomic E-state index is 10.4. The smallest absolute Gasteiger partial charge is 0.322 e. The van der Waals surface area contributed by atoms with Crippen LogP contribution in [0.25, 0.3) is 0 Å². The van der Waals surface area contributed by atoms with Gasteiger partial charge >= 0.3 is 6.09 Å². The van der Waals surface area contributed by atoms with Gasteiger partial charge in [0, 0.05) is 7.05 Å². The fraction of sp³-hybridized carbons (Fsp3) is 0.250. The first-order valence-electron chi connectivity index (χ1n) is 2.11. The summed E-state index contributed by atoms with van der Waals surface area (Å²) < 4.78 is 0. The van der Waals surface area contributed by atoms with Crippen molar-refractivity contribution in [3.05, 3.63) is 12.4 Å². The Morgan fingerprint density at radius 2 is 2.50 bits per heavy atom. The summed E-state index contributed by atoms with van der Waals surface area (Å²) >= 11 is 0. The third-order valence-corrected chi connectivity index (χ3v) is 0.935. The second kappa shape index (κ2) is 1.40. The predicted molar refractivity (Wildman–Crippen MR) is 26.5 cm³/mol. The Balaban J connectivity index is 2.70. The number of hydroxylamine groups is 1. The molecule has 0 aromatic rings. The molecule has 0 unspecified atom stereocenters. The molecule has 1 heterocycles. The van der Waals surface area contributed by atoms with Crippen LogP contribution in [0.3, 0.4) is 0 Å². The van der Waals surface area contributed by atoms with Crippen molar-refractivity contribution in [2.45, 2.75) is 0 Å². The molecule has 1 aliphatic heterocycles. The lowest BCUT2D eigenvalue weighted by molar-refractivity contribution is 0.130. The van der Waals surface area contributed by atoms with Crippen molar-refractivity contribution in [2.24, 2.45) is 0 Å². The molecule has 1 saturated heterocycles. The van der Waals surface area contributed by atoms with Crippen molar-refractivity contribution < 1.29 is 9.63 Å². The summed E-state index contributed by atoms with van der Waals surface area (Å²) in [4.78, 5) is 16.0. The SMILES string of the molecule is C=C1NOC(=O)N1C. The number of amides is 1. The molecular formula is C4H6N2O2. The number of hydrogen-bond acceptors (Lipinski definition) is 3. The van der Waals surface area contributed by atoms with Crippen molar-refractivity contribution in [1.29, 1.82) is 0 Å². The van der Waals surface area contributed by atoms with Gasteiger partial charge in [-0.3, -0.25) is 4.90 Å². The highest BCUT2D eigenvalue weighted by Gasteiger charge is 2.20. The number of carbonyl (C=O) groups excluding carboxylic acids is 1. The van der Waals surface area contributed by atoms with Crippen LogP contribution in [-0.2, 0) is 4.84 Å². The summed E-state index contributed by atoms with van der Waals surface area (Å²) in [5.74, 6) is 0.468. The monoisotopic (exact) mass is 114 g/mol. The number of rotatable bonds is 0. The first kappa shape index (κ1) is 4.96. The number of hydrogen-bond donors (Lipinski definition) is 1. The van der Waals surface area contributed by atoms with E-state index in [-0.39, 0.29) is 0 Å². The van der Waals surface area contributed by atoms with Crippen LogP contribution in [0.2, 0.25) is 0 Å². The molecular weight excluding hydrogens is 108 g/mol. The van der Waals surface area contributed by atoms with Crippen molar-refractivity contribution in [3.63, 3.8) is 0 Å². The van der Waals surface area contributed by atoms with E-state index in [2.05, 4.69) is 16.9 Å². The Morgan fingerprint density at radius 1 is 1.88 bits per heavy atom. The Bertz CT molecular complexity index is 127. The normalized spacial score (nSPS) is 18.4. The molecule has 1 aliphatic rings. The maximum absolute atomic E-state index is 10.4. The molecule has 4 nitrogen and oxygen atoms in total. The summed E-state index contributed by atoms with van der Waals surface area (Å²) in [7, 11) is 1.57. The molecule has 1 amide bonds. The molecule has 0 aliphatic carbocycles. The second-order valence-electron chi connectivity index (χ2n) is 1.48. The quantitative estimate of drug-likeness (QED) is 0.483.